The number of hydrogen-bond acceptors (Lipinski definition) is 8. The molecule has 8 heteroatoms. The zero-order chi connectivity index (χ0) is 34.2. The molecule has 0 heterocycles. The second-order valence-corrected chi connectivity index (χ2v) is 11.6. The molecule has 0 aliphatic rings. The minimum atomic E-state index is -0.513. The zero-order valence-corrected chi connectivity index (χ0v) is 28.3. The summed E-state index contributed by atoms with van der Waals surface area (Å²) in [6.45, 7) is 7.32. The topological polar surface area (TPSA) is 97.4 Å². The first-order chi connectivity index (χ1) is 23.5. The number of ether oxygens (including phenoxy) is 5. The predicted octanol–water partition coefficient (Wildman–Crippen LogP) is 9.70. The molecule has 48 heavy (non-hydrogen) atoms. The highest BCUT2D eigenvalue weighted by molar-refractivity contribution is 5.92. The third-order valence-corrected chi connectivity index (χ3v) is 7.66. The molecule has 3 rings (SSSR count). The molecular weight excluding hydrogens is 608 g/mol. The van der Waals surface area contributed by atoms with Crippen LogP contribution in [0.15, 0.2) is 85.5 Å². The van der Waals surface area contributed by atoms with E-state index in [9.17, 15) is 14.4 Å². The summed E-state index contributed by atoms with van der Waals surface area (Å²) in [5, 5.41) is 0. The van der Waals surface area contributed by atoms with Crippen LogP contribution in [0.2, 0.25) is 0 Å². The summed E-state index contributed by atoms with van der Waals surface area (Å²) in [7, 11) is 0. The van der Waals surface area contributed by atoms with Gasteiger partial charge in [-0.15, -0.1) is 0 Å². The van der Waals surface area contributed by atoms with Crippen molar-refractivity contribution >= 4 is 17.9 Å². The summed E-state index contributed by atoms with van der Waals surface area (Å²) in [6.07, 6.45) is 15.8. The van der Waals surface area contributed by atoms with Gasteiger partial charge in [0.05, 0.1) is 30.9 Å². The zero-order valence-electron chi connectivity index (χ0n) is 28.3. The van der Waals surface area contributed by atoms with Crippen LogP contribution in [0, 0.1) is 0 Å². The van der Waals surface area contributed by atoms with Crippen LogP contribution < -0.4 is 18.9 Å². The molecule has 0 saturated heterocycles. The van der Waals surface area contributed by atoms with Crippen LogP contribution in [0.1, 0.15) is 111 Å². The van der Waals surface area contributed by atoms with Crippen LogP contribution in [-0.4, -0.2) is 37.7 Å². The van der Waals surface area contributed by atoms with Crippen molar-refractivity contribution in [1.29, 1.82) is 0 Å². The Balaban J connectivity index is 1.27. The molecule has 258 valence electrons. The largest absolute Gasteiger partial charge is 0.494 e. The van der Waals surface area contributed by atoms with E-state index in [0.29, 0.717) is 42.4 Å². The average molecular weight is 659 g/mol. The highest BCUT2D eigenvalue weighted by Gasteiger charge is 2.12. The molecule has 0 saturated carbocycles. The maximum Gasteiger partial charge on any atom is 0.343 e. The van der Waals surface area contributed by atoms with Gasteiger partial charge >= 0.3 is 17.9 Å². The summed E-state index contributed by atoms with van der Waals surface area (Å²) in [5.74, 6) is 0.827. The quantitative estimate of drug-likeness (QED) is 0.0406. The Morgan fingerprint density at radius 3 is 1.29 bits per heavy atom. The number of carbonyl (C=O) groups is 3. The van der Waals surface area contributed by atoms with Crippen LogP contribution in [0.3, 0.4) is 0 Å². The molecular formula is C40H50O8. The van der Waals surface area contributed by atoms with E-state index in [1.165, 1.54) is 44.6 Å². The van der Waals surface area contributed by atoms with E-state index < -0.39 is 11.9 Å². The Morgan fingerprint density at radius 2 is 0.854 bits per heavy atom. The van der Waals surface area contributed by atoms with Crippen molar-refractivity contribution in [2.45, 2.75) is 90.4 Å². The summed E-state index contributed by atoms with van der Waals surface area (Å²) >= 11 is 0. The number of hydrogen-bond donors (Lipinski definition) is 0. The van der Waals surface area contributed by atoms with Gasteiger partial charge in [0.2, 0.25) is 0 Å². The van der Waals surface area contributed by atoms with E-state index in [4.69, 9.17) is 23.7 Å². The highest BCUT2D eigenvalue weighted by Crippen LogP contribution is 2.21. The second-order valence-electron chi connectivity index (χ2n) is 11.6. The van der Waals surface area contributed by atoms with Gasteiger partial charge in [0, 0.05) is 6.08 Å². The maximum atomic E-state index is 12.7. The van der Waals surface area contributed by atoms with Crippen molar-refractivity contribution in [3.8, 4) is 23.0 Å². The first-order valence-electron chi connectivity index (χ1n) is 17.3. The van der Waals surface area contributed by atoms with Gasteiger partial charge in [-0.3, -0.25) is 0 Å². The second kappa shape index (κ2) is 22.9. The maximum absolute atomic E-state index is 12.7. The van der Waals surface area contributed by atoms with Gasteiger partial charge in [0.1, 0.15) is 23.0 Å². The molecule has 0 atom stereocenters. The highest BCUT2D eigenvalue weighted by atomic mass is 16.5. The molecule has 0 spiro atoms. The average Bonchev–Trinajstić information content (AvgIpc) is 3.11. The molecule has 3 aromatic rings. The number of carbonyl (C=O) groups excluding carboxylic acids is 3. The first-order valence-corrected chi connectivity index (χ1v) is 17.3. The summed E-state index contributed by atoms with van der Waals surface area (Å²) in [5.41, 5.74) is 0.743. The molecule has 3 aromatic carbocycles. The lowest BCUT2D eigenvalue weighted by Gasteiger charge is -2.09. The fraction of sp³-hybridized carbons (Fsp3) is 0.425. The monoisotopic (exact) mass is 658 g/mol. The van der Waals surface area contributed by atoms with E-state index >= 15 is 0 Å². The van der Waals surface area contributed by atoms with Crippen molar-refractivity contribution < 1.29 is 38.1 Å². The molecule has 8 nitrogen and oxygen atoms in total. The SMILES string of the molecule is C=CC(=O)OCCCCCCCCCCCOc1ccc(OC(=O)c2ccc(OC(=O)c3ccc(OCCCCCC)cc3)cc2)cc1. The van der Waals surface area contributed by atoms with Gasteiger partial charge < -0.3 is 23.7 Å². The van der Waals surface area contributed by atoms with Gasteiger partial charge in [-0.05, 0) is 92.1 Å². The Hall–Kier alpha value is -4.59. The predicted molar refractivity (Wildman–Crippen MR) is 187 cm³/mol. The molecule has 0 bridgehead atoms. The minimum Gasteiger partial charge on any atom is -0.494 e. The van der Waals surface area contributed by atoms with E-state index in [0.717, 1.165) is 56.4 Å². The summed E-state index contributed by atoms with van der Waals surface area (Å²) in [4.78, 5) is 36.2. The molecule has 0 radical (unpaired) electrons. The fourth-order valence-corrected chi connectivity index (χ4v) is 4.86. The van der Waals surface area contributed by atoms with Crippen LogP contribution in [-0.2, 0) is 9.53 Å². The van der Waals surface area contributed by atoms with Gasteiger partial charge in [-0.1, -0.05) is 77.7 Å². The van der Waals surface area contributed by atoms with Gasteiger partial charge in [0.15, 0.2) is 0 Å². The first kappa shape index (κ1) is 37.9. The van der Waals surface area contributed by atoms with Crippen molar-refractivity contribution in [2.75, 3.05) is 19.8 Å². The van der Waals surface area contributed by atoms with Crippen molar-refractivity contribution in [3.63, 3.8) is 0 Å². The lowest BCUT2D eigenvalue weighted by Crippen LogP contribution is -2.10. The van der Waals surface area contributed by atoms with Gasteiger partial charge in [0.25, 0.3) is 0 Å². The van der Waals surface area contributed by atoms with Crippen molar-refractivity contribution in [3.05, 3.63) is 96.6 Å². The van der Waals surface area contributed by atoms with E-state index in [-0.39, 0.29) is 5.97 Å². The lowest BCUT2D eigenvalue weighted by molar-refractivity contribution is -0.137. The Labute approximate surface area is 285 Å². The number of rotatable bonds is 24. The third kappa shape index (κ3) is 15.3. The number of benzene rings is 3. The van der Waals surface area contributed by atoms with Crippen LogP contribution in [0.25, 0.3) is 0 Å². The van der Waals surface area contributed by atoms with Gasteiger partial charge in [-0.25, -0.2) is 14.4 Å². The Kier molecular flexibility index (Phi) is 18.0. The molecule has 0 aliphatic carbocycles. The molecule has 0 fully saturated rings. The van der Waals surface area contributed by atoms with Gasteiger partial charge in [-0.2, -0.15) is 0 Å². The van der Waals surface area contributed by atoms with Crippen LogP contribution in [0.4, 0.5) is 0 Å². The van der Waals surface area contributed by atoms with Crippen molar-refractivity contribution in [2.24, 2.45) is 0 Å². The van der Waals surface area contributed by atoms with Crippen molar-refractivity contribution in [1.82, 2.24) is 0 Å². The smallest absolute Gasteiger partial charge is 0.343 e. The Bertz CT molecular complexity index is 1360. The van der Waals surface area contributed by atoms with E-state index in [2.05, 4.69) is 13.5 Å². The molecule has 0 aliphatic heterocycles. The van der Waals surface area contributed by atoms with E-state index in [1.54, 1.807) is 72.8 Å². The van der Waals surface area contributed by atoms with Crippen LogP contribution in [0.5, 0.6) is 23.0 Å². The summed E-state index contributed by atoms with van der Waals surface area (Å²) < 4.78 is 27.5. The standard InChI is InChI=1S/C40H50O8/c1-3-5-6-14-29-44-34-21-17-32(18-22-34)39(42)47-36-23-19-33(20-24-36)40(43)48-37-27-25-35(26-28-37)45-30-15-12-10-8-7-9-11-13-16-31-46-38(41)4-2/h4,17-28H,2-3,5-16,29-31H2,1H3. The fourth-order valence-electron chi connectivity index (χ4n) is 4.86. The lowest BCUT2D eigenvalue weighted by atomic mass is 10.1. The molecule has 0 unspecified atom stereocenters. The van der Waals surface area contributed by atoms with E-state index in [1.807, 2.05) is 0 Å². The molecule has 0 amide bonds. The molecule has 0 aromatic heterocycles. The number of unbranched alkanes of at least 4 members (excludes halogenated alkanes) is 11. The Morgan fingerprint density at radius 1 is 0.500 bits per heavy atom. The number of esters is 3. The minimum absolute atomic E-state index is 0.326. The van der Waals surface area contributed by atoms with Crippen LogP contribution >= 0.6 is 0 Å². The molecule has 0 N–H and O–H groups in total. The summed E-state index contributed by atoms with van der Waals surface area (Å²) in [6, 6.07) is 20.1. The normalized spacial score (nSPS) is 10.6. The third-order valence-electron chi connectivity index (χ3n) is 7.66.